The highest BCUT2D eigenvalue weighted by Gasteiger charge is 2.32. The van der Waals surface area contributed by atoms with Crippen LogP contribution in [-0.4, -0.2) is 20.9 Å². The van der Waals surface area contributed by atoms with E-state index in [-0.39, 0.29) is 16.5 Å². The molecule has 1 aromatic carbocycles. The van der Waals surface area contributed by atoms with Crippen LogP contribution in [0, 0.1) is 18.2 Å². The van der Waals surface area contributed by atoms with Crippen LogP contribution >= 0.6 is 10.7 Å². The van der Waals surface area contributed by atoms with Crippen molar-refractivity contribution in [1.29, 1.82) is 0 Å². The summed E-state index contributed by atoms with van der Waals surface area (Å²) in [7, 11) is 0.963. The SMILES string of the molecule is Cc1cc(C(=O)NCC2(C)CCC2)cc(S(=O)(=O)Cl)c1F. The highest BCUT2D eigenvalue weighted by Crippen LogP contribution is 2.39. The Kier molecular flexibility index (Phi) is 4.31. The molecule has 21 heavy (non-hydrogen) atoms. The summed E-state index contributed by atoms with van der Waals surface area (Å²) in [5.41, 5.74) is 0.263. The fourth-order valence-corrected chi connectivity index (χ4v) is 3.38. The third-order valence-corrected chi connectivity index (χ3v) is 5.30. The van der Waals surface area contributed by atoms with E-state index in [4.69, 9.17) is 10.7 Å². The predicted octanol–water partition coefficient (Wildman–Crippen LogP) is 2.98. The molecule has 0 saturated heterocycles. The quantitative estimate of drug-likeness (QED) is 0.861. The maximum atomic E-state index is 13.8. The highest BCUT2D eigenvalue weighted by molar-refractivity contribution is 8.13. The van der Waals surface area contributed by atoms with Crippen LogP contribution in [-0.2, 0) is 9.05 Å². The standard InChI is InChI=1S/C14H17ClFNO3S/c1-9-6-10(7-11(12(9)16)21(15,19)20)13(18)17-8-14(2)4-3-5-14/h6-7H,3-5,8H2,1-2H3,(H,17,18). The number of hydrogen-bond acceptors (Lipinski definition) is 3. The van der Waals surface area contributed by atoms with Gasteiger partial charge in [-0.15, -0.1) is 0 Å². The maximum Gasteiger partial charge on any atom is 0.264 e. The second-order valence-corrected chi connectivity index (χ2v) is 8.42. The van der Waals surface area contributed by atoms with Gasteiger partial charge in [0.25, 0.3) is 15.0 Å². The molecular weight excluding hydrogens is 317 g/mol. The zero-order chi connectivity index (χ0) is 15.8. The molecule has 1 N–H and O–H groups in total. The Morgan fingerprint density at radius 1 is 1.43 bits per heavy atom. The first kappa shape index (κ1) is 16.2. The second kappa shape index (κ2) is 5.57. The molecule has 1 aliphatic carbocycles. The van der Waals surface area contributed by atoms with Crippen LogP contribution in [0.4, 0.5) is 4.39 Å². The number of hydrogen-bond donors (Lipinski definition) is 1. The predicted molar refractivity (Wildman–Crippen MR) is 78.5 cm³/mol. The molecule has 1 fully saturated rings. The first-order chi connectivity index (χ1) is 9.62. The van der Waals surface area contributed by atoms with E-state index in [0.717, 1.165) is 25.3 Å². The number of aryl methyl sites for hydroxylation is 1. The lowest BCUT2D eigenvalue weighted by molar-refractivity contribution is 0.0890. The Balaban J connectivity index is 2.23. The van der Waals surface area contributed by atoms with E-state index in [9.17, 15) is 17.6 Å². The van der Waals surface area contributed by atoms with Gasteiger partial charge in [-0.3, -0.25) is 4.79 Å². The van der Waals surface area contributed by atoms with Crippen LogP contribution in [0.1, 0.15) is 42.1 Å². The molecule has 0 unspecified atom stereocenters. The fourth-order valence-electron chi connectivity index (χ4n) is 2.40. The Morgan fingerprint density at radius 3 is 2.52 bits per heavy atom. The Hall–Kier alpha value is -1.14. The van der Waals surface area contributed by atoms with Crippen LogP contribution in [0.2, 0.25) is 0 Å². The first-order valence-electron chi connectivity index (χ1n) is 6.65. The van der Waals surface area contributed by atoms with Gasteiger partial charge in [-0.25, -0.2) is 12.8 Å². The van der Waals surface area contributed by atoms with Gasteiger partial charge in [0, 0.05) is 22.8 Å². The molecule has 0 aliphatic heterocycles. The van der Waals surface area contributed by atoms with Gasteiger partial charge in [0.05, 0.1) is 0 Å². The summed E-state index contributed by atoms with van der Waals surface area (Å²) in [6, 6.07) is 2.29. The summed E-state index contributed by atoms with van der Waals surface area (Å²) in [5.74, 6) is -1.35. The highest BCUT2D eigenvalue weighted by atomic mass is 35.7. The average molecular weight is 334 g/mol. The van der Waals surface area contributed by atoms with E-state index in [1.54, 1.807) is 0 Å². The molecule has 1 aliphatic rings. The lowest BCUT2D eigenvalue weighted by Crippen LogP contribution is -2.40. The van der Waals surface area contributed by atoms with Crippen LogP contribution in [0.5, 0.6) is 0 Å². The van der Waals surface area contributed by atoms with Crippen molar-refractivity contribution in [2.45, 2.75) is 38.0 Å². The Morgan fingerprint density at radius 2 is 2.05 bits per heavy atom. The van der Waals surface area contributed by atoms with Crippen molar-refractivity contribution in [2.24, 2.45) is 5.41 Å². The summed E-state index contributed by atoms with van der Waals surface area (Å²) in [4.78, 5) is 11.4. The van der Waals surface area contributed by atoms with Gasteiger partial charge in [-0.2, -0.15) is 0 Å². The number of nitrogens with one attached hydrogen (secondary N) is 1. The van der Waals surface area contributed by atoms with E-state index in [1.165, 1.54) is 13.0 Å². The number of benzene rings is 1. The van der Waals surface area contributed by atoms with Crippen LogP contribution in [0.15, 0.2) is 17.0 Å². The van der Waals surface area contributed by atoms with E-state index in [1.807, 2.05) is 0 Å². The molecule has 0 heterocycles. The molecule has 0 bridgehead atoms. The van der Waals surface area contributed by atoms with E-state index in [0.29, 0.717) is 6.54 Å². The topological polar surface area (TPSA) is 63.2 Å². The van der Waals surface area contributed by atoms with Crippen molar-refractivity contribution < 1.29 is 17.6 Å². The minimum absolute atomic E-state index is 0.0664. The molecule has 1 aromatic rings. The monoisotopic (exact) mass is 333 g/mol. The average Bonchev–Trinajstić information content (AvgIpc) is 2.35. The smallest absolute Gasteiger partial charge is 0.264 e. The molecule has 7 heteroatoms. The molecule has 0 aromatic heterocycles. The van der Waals surface area contributed by atoms with Crippen molar-refractivity contribution in [3.05, 3.63) is 29.1 Å². The summed E-state index contributed by atoms with van der Waals surface area (Å²) < 4.78 is 36.5. The molecule has 0 atom stereocenters. The van der Waals surface area contributed by atoms with E-state index in [2.05, 4.69) is 12.2 Å². The first-order valence-corrected chi connectivity index (χ1v) is 8.96. The van der Waals surface area contributed by atoms with Crippen LogP contribution < -0.4 is 5.32 Å². The zero-order valence-electron chi connectivity index (χ0n) is 11.9. The van der Waals surface area contributed by atoms with Gasteiger partial charge in [-0.1, -0.05) is 13.3 Å². The van der Waals surface area contributed by atoms with Gasteiger partial charge >= 0.3 is 0 Å². The lowest BCUT2D eigenvalue weighted by Gasteiger charge is -2.38. The number of carbonyl (C=O) groups is 1. The number of rotatable bonds is 4. The van der Waals surface area contributed by atoms with Crippen LogP contribution in [0.25, 0.3) is 0 Å². The van der Waals surface area contributed by atoms with Crippen molar-refractivity contribution in [1.82, 2.24) is 5.32 Å². The van der Waals surface area contributed by atoms with Crippen LogP contribution in [0.3, 0.4) is 0 Å². The van der Waals surface area contributed by atoms with Crippen molar-refractivity contribution in [3.8, 4) is 0 Å². The second-order valence-electron chi connectivity index (χ2n) is 5.89. The molecule has 116 valence electrons. The molecular formula is C14H17ClFNO3S. The third-order valence-electron chi connectivity index (χ3n) is 3.98. The van der Waals surface area contributed by atoms with E-state index >= 15 is 0 Å². The zero-order valence-corrected chi connectivity index (χ0v) is 13.4. The Labute approximate surface area is 128 Å². The summed E-state index contributed by atoms with van der Waals surface area (Å²) in [6.45, 7) is 4.00. The minimum Gasteiger partial charge on any atom is -0.351 e. The lowest BCUT2D eigenvalue weighted by atomic mass is 9.70. The molecule has 0 spiro atoms. The molecule has 4 nitrogen and oxygen atoms in total. The van der Waals surface area contributed by atoms with Gasteiger partial charge in [0.15, 0.2) is 0 Å². The third kappa shape index (κ3) is 3.55. The maximum absolute atomic E-state index is 13.8. The number of amides is 1. The van der Waals surface area contributed by atoms with Crippen molar-refractivity contribution in [3.63, 3.8) is 0 Å². The van der Waals surface area contributed by atoms with E-state index < -0.39 is 25.7 Å². The van der Waals surface area contributed by atoms with Gasteiger partial charge in [0.2, 0.25) is 0 Å². The Bertz CT molecular complexity index is 684. The normalized spacial score (nSPS) is 17.1. The summed E-state index contributed by atoms with van der Waals surface area (Å²) in [6.07, 6.45) is 3.25. The fraction of sp³-hybridized carbons (Fsp3) is 0.500. The summed E-state index contributed by atoms with van der Waals surface area (Å²) in [5, 5.41) is 2.77. The van der Waals surface area contributed by atoms with Gasteiger partial charge < -0.3 is 5.32 Å². The summed E-state index contributed by atoms with van der Waals surface area (Å²) >= 11 is 0. The van der Waals surface area contributed by atoms with Gasteiger partial charge in [-0.05, 0) is 42.9 Å². The van der Waals surface area contributed by atoms with Gasteiger partial charge in [0.1, 0.15) is 10.7 Å². The molecule has 2 rings (SSSR count). The largest absolute Gasteiger partial charge is 0.351 e. The van der Waals surface area contributed by atoms with Crippen molar-refractivity contribution >= 4 is 25.6 Å². The molecule has 0 radical (unpaired) electrons. The molecule has 1 amide bonds. The van der Waals surface area contributed by atoms with Crippen molar-refractivity contribution in [2.75, 3.05) is 6.54 Å². The molecule has 1 saturated carbocycles. The minimum atomic E-state index is -4.23. The number of carbonyl (C=O) groups excluding carboxylic acids is 1. The number of halogens is 2.